The van der Waals surface area contributed by atoms with E-state index >= 15 is 0 Å². The van der Waals surface area contributed by atoms with Gasteiger partial charge in [0.2, 0.25) is 5.13 Å². The van der Waals surface area contributed by atoms with Gasteiger partial charge in [-0.05, 0) is 17.7 Å². The Morgan fingerprint density at radius 1 is 1.23 bits per heavy atom. The van der Waals surface area contributed by atoms with Crippen LogP contribution in [0.5, 0.6) is 5.75 Å². The summed E-state index contributed by atoms with van der Waals surface area (Å²) in [6.07, 6.45) is 0.661. The number of nitrogens with zero attached hydrogens (tertiary/aromatic N) is 2. The van der Waals surface area contributed by atoms with Gasteiger partial charge in [0.25, 0.3) is 0 Å². The first-order valence-electron chi connectivity index (χ1n) is 6.70. The molecule has 118 valence electrons. The van der Waals surface area contributed by atoms with Crippen LogP contribution in [0, 0.1) is 0 Å². The van der Waals surface area contributed by atoms with E-state index < -0.39 is 0 Å². The first-order valence-corrected chi connectivity index (χ1v) is 7.52. The summed E-state index contributed by atoms with van der Waals surface area (Å²) in [5.41, 5.74) is 1.10. The maximum atomic E-state index is 11.6. The van der Waals surface area contributed by atoms with Gasteiger partial charge in [0.05, 0.1) is 13.7 Å². The van der Waals surface area contributed by atoms with Gasteiger partial charge in [-0.3, -0.25) is 5.32 Å². The molecule has 1 aromatic heterocycles. The third-order valence-corrected chi connectivity index (χ3v) is 3.63. The lowest BCUT2D eigenvalue weighted by atomic mass is 10.1. The van der Waals surface area contributed by atoms with E-state index in [0.29, 0.717) is 24.7 Å². The Bertz CT molecular complexity index is 600. The molecule has 2 aromatic rings. The lowest BCUT2D eigenvalue weighted by Gasteiger charge is -2.03. The lowest BCUT2D eigenvalue weighted by Crippen LogP contribution is -2.31. The number of benzene rings is 1. The molecule has 0 aliphatic carbocycles. The highest BCUT2D eigenvalue weighted by molar-refractivity contribution is 7.15. The van der Waals surface area contributed by atoms with E-state index in [1.807, 2.05) is 24.3 Å². The summed E-state index contributed by atoms with van der Waals surface area (Å²) in [4.78, 5) is 11.6. The monoisotopic (exact) mass is 322 g/mol. The summed E-state index contributed by atoms with van der Waals surface area (Å²) in [5.74, 6) is 0.816. The van der Waals surface area contributed by atoms with Gasteiger partial charge in [0.15, 0.2) is 0 Å². The minimum atomic E-state index is -0.316. The van der Waals surface area contributed by atoms with Gasteiger partial charge in [-0.2, -0.15) is 0 Å². The average Bonchev–Trinajstić information content (AvgIpc) is 2.95. The molecule has 2 rings (SSSR count). The van der Waals surface area contributed by atoms with Crippen molar-refractivity contribution in [1.82, 2.24) is 15.5 Å². The van der Waals surface area contributed by atoms with E-state index in [1.165, 1.54) is 11.3 Å². The molecule has 7 nitrogen and oxygen atoms in total. The van der Waals surface area contributed by atoms with E-state index in [4.69, 9.17) is 9.47 Å². The average molecular weight is 322 g/mol. The van der Waals surface area contributed by atoms with Gasteiger partial charge in [0.1, 0.15) is 10.8 Å². The highest BCUT2D eigenvalue weighted by atomic mass is 32.1. The Morgan fingerprint density at radius 2 is 2.00 bits per heavy atom. The molecule has 0 saturated heterocycles. The van der Waals surface area contributed by atoms with Crippen molar-refractivity contribution in [2.45, 2.75) is 6.42 Å². The highest BCUT2D eigenvalue weighted by Gasteiger charge is 2.08. The molecule has 0 saturated carbocycles. The lowest BCUT2D eigenvalue weighted by molar-refractivity contribution is 0.198. The number of urea groups is 1. The van der Waals surface area contributed by atoms with Crippen LogP contribution >= 0.6 is 11.3 Å². The van der Waals surface area contributed by atoms with Gasteiger partial charge in [-0.1, -0.05) is 23.5 Å². The molecule has 2 amide bonds. The van der Waals surface area contributed by atoms with Gasteiger partial charge >= 0.3 is 6.03 Å². The largest absolute Gasteiger partial charge is 0.497 e. The summed E-state index contributed by atoms with van der Waals surface area (Å²) >= 11 is 1.35. The van der Waals surface area contributed by atoms with Gasteiger partial charge in [-0.15, -0.1) is 10.2 Å². The molecular weight excluding hydrogens is 304 g/mol. The first-order chi connectivity index (χ1) is 10.7. The quantitative estimate of drug-likeness (QED) is 0.761. The normalized spacial score (nSPS) is 10.3. The van der Waals surface area contributed by atoms with Crippen LogP contribution in [0.2, 0.25) is 0 Å². The zero-order valence-electron chi connectivity index (χ0n) is 12.5. The van der Waals surface area contributed by atoms with Gasteiger partial charge in [-0.25, -0.2) is 4.79 Å². The molecule has 1 heterocycles. The van der Waals surface area contributed by atoms with Crippen molar-refractivity contribution in [3.05, 3.63) is 34.8 Å². The number of carbonyl (C=O) groups is 1. The van der Waals surface area contributed by atoms with Crippen molar-refractivity contribution in [1.29, 1.82) is 0 Å². The second-order valence-electron chi connectivity index (χ2n) is 4.40. The van der Waals surface area contributed by atoms with E-state index in [9.17, 15) is 4.79 Å². The van der Waals surface area contributed by atoms with Crippen LogP contribution in [0.1, 0.15) is 10.6 Å². The molecule has 0 aliphatic heterocycles. The number of anilines is 1. The number of aromatic nitrogens is 2. The third kappa shape index (κ3) is 4.97. The van der Waals surface area contributed by atoms with Crippen molar-refractivity contribution in [2.75, 3.05) is 32.7 Å². The number of hydrogen-bond acceptors (Lipinski definition) is 6. The fourth-order valence-electron chi connectivity index (χ4n) is 1.70. The van der Waals surface area contributed by atoms with E-state index in [1.54, 1.807) is 14.2 Å². The predicted octanol–water partition coefficient (Wildman–Crippen LogP) is 1.91. The van der Waals surface area contributed by atoms with Crippen LogP contribution < -0.4 is 15.4 Å². The van der Waals surface area contributed by atoms with Crippen LogP contribution in [0.4, 0.5) is 9.93 Å². The topological polar surface area (TPSA) is 85.4 Å². The Balaban J connectivity index is 1.86. The molecule has 2 N–H and O–H groups in total. The molecular formula is C14H18N4O3S. The SMILES string of the molecule is COCCNC(=O)Nc1nnc(Cc2ccc(OC)cc2)s1. The highest BCUT2D eigenvalue weighted by Crippen LogP contribution is 2.20. The second-order valence-corrected chi connectivity index (χ2v) is 5.46. The molecule has 0 aliphatic rings. The maximum Gasteiger partial charge on any atom is 0.321 e. The molecule has 0 radical (unpaired) electrons. The maximum absolute atomic E-state index is 11.6. The van der Waals surface area contributed by atoms with Gasteiger partial charge < -0.3 is 14.8 Å². The van der Waals surface area contributed by atoms with Crippen molar-refractivity contribution in [2.24, 2.45) is 0 Å². The van der Waals surface area contributed by atoms with Crippen molar-refractivity contribution >= 4 is 22.5 Å². The number of rotatable bonds is 7. The van der Waals surface area contributed by atoms with E-state index in [2.05, 4.69) is 20.8 Å². The smallest absolute Gasteiger partial charge is 0.321 e. The third-order valence-electron chi connectivity index (χ3n) is 2.79. The number of nitrogens with one attached hydrogen (secondary N) is 2. The minimum Gasteiger partial charge on any atom is -0.497 e. The standard InChI is InChI=1S/C14H18N4O3S/c1-20-8-7-15-13(19)16-14-18-17-12(22-14)9-10-3-5-11(21-2)6-4-10/h3-6H,7-9H2,1-2H3,(H2,15,16,18,19). The number of amides is 2. The van der Waals surface area contributed by atoms with Crippen LogP contribution in [-0.4, -0.2) is 43.6 Å². The van der Waals surface area contributed by atoms with Crippen molar-refractivity contribution in [3.63, 3.8) is 0 Å². The number of methoxy groups -OCH3 is 2. The van der Waals surface area contributed by atoms with Crippen LogP contribution in [-0.2, 0) is 11.2 Å². The second kappa shape index (κ2) is 8.30. The van der Waals surface area contributed by atoms with Crippen LogP contribution in [0.3, 0.4) is 0 Å². The van der Waals surface area contributed by atoms with Crippen molar-refractivity contribution < 1.29 is 14.3 Å². The summed E-state index contributed by atoms with van der Waals surface area (Å²) in [5, 5.41) is 14.6. The number of carbonyl (C=O) groups excluding carboxylic acids is 1. The van der Waals surface area contributed by atoms with E-state index in [0.717, 1.165) is 16.3 Å². The fraction of sp³-hybridized carbons (Fsp3) is 0.357. The van der Waals surface area contributed by atoms with Crippen LogP contribution in [0.15, 0.2) is 24.3 Å². The zero-order chi connectivity index (χ0) is 15.8. The van der Waals surface area contributed by atoms with Crippen molar-refractivity contribution in [3.8, 4) is 5.75 Å². The molecule has 22 heavy (non-hydrogen) atoms. The van der Waals surface area contributed by atoms with E-state index in [-0.39, 0.29) is 6.03 Å². The molecule has 0 bridgehead atoms. The fourth-order valence-corrected chi connectivity index (χ4v) is 2.47. The Hall–Kier alpha value is -2.19. The zero-order valence-corrected chi connectivity index (χ0v) is 13.3. The summed E-state index contributed by atoms with van der Waals surface area (Å²) in [6, 6.07) is 7.44. The van der Waals surface area contributed by atoms with Gasteiger partial charge in [0, 0.05) is 20.1 Å². The molecule has 8 heteroatoms. The first kappa shape index (κ1) is 16.2. The Morgan fingerprint density at radius 3 is 2.68 bits per heavy atom. The summed E-state index contributed by atoms with van der Waals surface area (Å²) in [7, 11) is 3.21. The summed E-state index contributed by atoms with van der Waals surface area (Å²) in [6.45, 7) is 0.909. The molecule has 0 fully saturated rings. The predicted molar refractivity (Wildman–Crippen MR) is 84.6 cm³/mol. The molecule has 1 aromatic carbocycles. The molecule has 0 spiro atoms. The summed E-state index contributed by atoms with van der Waals surface area (Å²) < 4.78 is 9.97. The molecule has 0 unspecified atom stereocenters. The molecule has 0 atom stereocenters. The minimum absolute atomic E-state index is 0.316. The number of hydrogen-bond donors (Lipinski definition) is 2. The number of ether oxygens (including phenoxy) is 2. The van der Waals surface area contributed by atoms with Crippen LogP contribution in [0.25, 0.3) is 0 Å². The Kier molecular flexibility index (Phi) is 6.11. The Labute approximate surface area is 132 Å².